The lowest BCUT2D eigenvalue weighted by Crippen LogP contribution is -1.97. The number of hydrogen-bond acceptors (Lipinski definition) is 4. The maximum Gasteiger partial charge on any atom is 0.187 e. The van der Waals surface area contributed by atoms with Crippen LogP contribution >= 0.6 is 0 Å². The van der Waals surface area contributed by atoms with Crippen LogP contribution in [0.25, 0.3) is 0 Å². The minimum absolute atomic E-state index is 0.0958. The molecule has 21 heavy (non-hydrogen) atoms. The van der Waals surface area contributed by atoms with Crippen LogP contribution in [0.15, 0.2) is 54.7 Å². The minimum atomic E-state index is -0.0958. The highest BCUT2D eigenvalue weighted by molar-refractivity contribution is 6.04. The van der Waals surface area contributed by atoms with Crippen molar-refractivity contribution in [3.63, 3.8) is 0 Å². The van der Waals surface area contributed by atoms with Crippen LogP contribution in [0, 0.1) is 6.92 Å². The number of methoxy groups -OCH3 is 1. The van der Waals surface area contributed by atoms with Gasteiger partial charge in [0.25, 0.3) is 0 Å². The Morgan fingerprint density at radius 3 is 2.52 bits per heavy atom. The molecule has 0 aliphatic rings. The third-order valence-corrected chi connectivity index (χ3v) is 3.06. The minimum Gasteiger partial charge on any atom is -0.508 e. The van der Waals surface area contributed by atoms with E-state index in [-0.39, 0.29) is 11.5 Å². The lowest BCUT2D eigenvalue weighted by molar-refractivity contribution is 0.104. The van der Waals surface area contributed by atoms with E-state index in [9.17, 15) is 9.90 Å². The van der Waals surface area contributed by atoms with Crippen molar-refractivity contribution in [1.29, 1.82) is 0 Å². The first-order chi connectivity index (χ1) is 10.1. The molecule has 0 spiro atoms. The number of anilines is 1. The van der Waals surface area contributed by atoms with Crippen molar-refractivity contribution in [3.8, 4) is 11.5 Å². The normalized spacial score (nSPS) is 10.6. The number of benzene rings is 2. The molecule has 0 heterocycles. The number of ether oxygens (including phenoxy) is 1. The second-order valence-corrected chi connectivity index (χ2v) is 4.57. The summed E-state index contributed by atoms with van der Waals surface area (Å²) in [5.41, 5.74) is 2.33. The number of aryl methyl sites for hydroxylation is 1. The molecule has 0 atom stereocenters. The van der Waals surface area contributed by atoms with E-state index in [1.807, 2.05) is 6.92 Å². The Hall–Kier alpha value is -2.75. The second kappa shape index (κ2) is 6.61. The fourth-order valence-electron chi connectivity index (χ4n) is 1.87. The Labute approximate surface area is 123 Å². The maximum absolute atomic E-state index is 12.0. The largest absolute Gasteiger partial charge is 0.508 e. The first-order valence-electron chi connectivity index (χ1n) is 6.51. The summed E-state index contributed by atoms with van der Waals surface area (Å²) in [6.45, 7) is 1.88. The van der Waals surface area contributed by atoms with Crippen LogP contribution in [-0.4, -0.2) is 18.0 Å². The Morgan fingerprint density at radius 2 is 1.90 bits per heavy atom. The molecule has 0 saturated heterocycles. The molecule has 0 amide bonds. The van der Waals surface area contributed by atoms with Crippen molar-refractivity contribution in [1.82, 2.24) is 0 Å². The number of phenols is 1. The molecular weight excluding hydrogens is 266 g/mol. The van der Waals surface area contributed by atoms with Crippen molar-refractivity contribution < 1.29 is 14.6 Å². The Balaban J connectivity index is 2.01. The van der Waals surface area contributed by atoms with Gasteiger partial charge in [-0.2, -0.15) is 0 Å². The Morgan fingerprint density at radius 1 is 1.19 bits per heavy atom. The smallest absolute Gasteiger partial charge is 0.187 e. The molecule has 0 saturated carbocycles. The maximum atomic E-state index is 12.0. The summed E-state index contributed by atoms with van der Waals surface area (Å²) < 4.78 is 5.05. The first-order valence-corrected chi connectivity index (χ1v) is 6.51. The number of aromatic hydroxyl groups is 1. The molecule has 2 rings (SSSR count). The van der Waals surface area contributed by atoms with E-state index in [2.05, 4.69) is 5.32 Å². The van der Waals surface area contributed by atoms with Gasteiger partial charge in [0, 0.05) is 23.5 Å². The summed E-state index contributed by atoms with van der Waals surface area (Å²) in [6.07, 6.45) is 3.06. The van der Waals surface area contributed by atoms with Gasteiger partial charge >= 0.3 is 0 Å². The lowest BCUT2D eigenvalue weighted by Gasteiger charge is -2.05. The standard InChI is InChI=1S/C17H17NO3/c1-12-11-14(19)5-8-16(12)18-10-9-17(20)13-3-6-15(21-2)7-4-13/h3-11,18-19H,1-2H3/b10-9+. The van der Waals surface area contributed by atoms with E-state index in [4.69, 9.17) is 4.74 Å². The van der Waals surface area contributed by atoms with E-state index in [0.717, 1.165) is 11.3 Å². The molecule has 2 aromatic rings. The third-order valence-electron chi connectivity index (χ3n) is 3.06. The zero-order chi connectivity index (χ0) is 15.2. The third kappa shape index (κ3) is 3.86. The van der Waals surface area contributed by atoms with E-state index in [1.54, 1.807) is 55.8 Å². The molecule has 0 bridgehead atoms. The number of rotatable bonds is 5. The molecule has 0 aliphatic carbocycles. The first kappa shape index (κ1) is 14.7. The predicted octanol–water partition coefficient (Wildman–Crippen LogP) is 3.52. The molecular formula is C17H17NO3. The van der Waals surface area contributed by atoms with Crippen LogP contribution < -0.4 is 10.1 Å². The van der Waals surface area contributed by atoms with Gasteiger partial charge in [0.05, 0.1) is 7.11 Å². The number of nitrogens with one attached hydrogen (secondary N) is 1. The predicted molar refractivity (Wildman–Crippen MR) is 82.9 cm³/mol. The summed E-state index contributed by atoms with van der Waals surface area (Å²) >= 11 is 0. The van der Waals surface area contributed by atoms with Crippen LogP contribution in [-0.2, 0) is 0 Å². The molecule has 108 valence electrons. The average Bonchev–Trinajstić information content (AvgIpc) is 2.49. The average molecular weight is 283 g/mol. The summed E-state index contributed by atoms with van der Waals surface area (Å²) in [4.78, 5) is 12.0. The van der Waals surface area contributed by atoms with Crippen molar-refractivity contribution >= 4 is 11.5 Å². The fraction of sp³-hybridized carbons (Fsp3) is 0.118. The summed E-state index contributed by atoms with van der Waals surface area (Å²) in [6, 6.07) is 11.9. The van der Waals surface area contributed by atoms with Crippen LogP contribution in [0.4, 0.5) is 5.69 Å². The van der Waals surface area contributed by atoms with Gasteiger partial charge in [-0.05, 0) is 55.0 Å². The van der Waals surface area contributed by atoms with Gasteiger partial charge in [-0.1, -0.05) is 0 Å². The van der Waals surface area contributed by atoms with Crippen LogP contribution in [0.1, 0.15) is 15.9 Å². The Kier molecular flexibility index (Phi) is 4.61. The number of allylic oxidation sites excluding steroid dienone is 1. The molecule has 2 aromatic carbocycles. The summed E-state index contributed by atoms with van der Waals surface area (Å²) in [5.74, 6) is 0.839. The van der Waals surface area contributed by atoms with Crippen LogP contribution in [0.3, 0.4) is 0 Å². The van der Waals surface area contributed by atoms with Gasteiger partial charge in [0.2, 0.25) is 0 Å². The van der Waals surface area contributed by atoms with Crippen molar-refractivity contribution in [2.24, 2.45) is 0 Å². The highest BCUT2D eigenvalue weighted by atomic mass is 16.5. The van der Waals surface area contributed by atoms with Gasteiger partial charge in [-0.3, -0.25) is 4.79 Å². The second-order valence-electron chi connectivity index (χ2n) is 4.57. The molecule has 4 nitrogen and oxygen atoms in total. The highest BCUT2D eigenvalue weighted by Crippen LogP contribution is 2.20. The van der Waals surface area contributed by atoms with Crippen molar-refractivity contribution in [2.45, 2.75) is 6.92 Å². The number of ketones is 1. The number of phenolic OH excluding ortho intramolecular Hbond substituents is 1. The highest BCUT2D eigenvalue weighted by Gasteiger charge is 2.02. The summed E-state index contributed by atoms with van der Waals surface area (Å²) in [5, 5.41) is 12.4. The van der Waals surface area contributed by atoms with E-state index >= 15 is 0 Å². The zero-order valence-electron chi connectivity index (χ0n) is 12.0. The molecule has 0 aliphatic heterocycles. The molecule has 0 radical (unpaired) electrons. The zero-order valence-corrected chi connectivity index (χ0v) is 12.0. The van der Waals surface area contributed by atoms with Gasteiger partial charge in [-0.15, -0.1) is 0 Å². The molecule has 0 unspecified atom stereocenters. The summed E-state index contributed by atoms with van der Waals surface area (Å²) in [7, 11) is 1.58. The van der Waals surface area contributed by atoms with E-state index in [1.165, 1.54) is 6.08 Å². The van der Waals surface area contributed by atoms with Gasteiger partial charge < -0.3 is 15.2 Å². The van der Waals surface area contributed by atoms with E-state index in [0.29, 0.717) is 11.3 Å². The topological polar surface area (TPSA) is 58.6 Å². The van der Waals surface area contributed by atoms with Crippen molar-refractivity contribution in [2.75, 3.05) is 12.4 Å². The molecule has 0 fully saturated rings. The van der Waals surface area contributed by atoms with Gasteiger partial charge in [0.1, 0.15) is 11.5 Å². The fourth-order valence-corrected chi connectivity index (χ4v) is 1.87. The lowest BCUT2D eigenvalue weighted by atomic mass is 10.1. The molecule has 2 N–H and O–H groups in total. The van der Waals surface area contributed by atoms with Gasteiger partial charge in [-0.25, -0.2) is 0 Å². The quantitative estimate of drug-likeness (QED) is 0.501. The SMILES string of the molecule is COc1ccc(C(=O)/C=C/Nc2ccc(O)cc2C)cc1. The molecule has 4 heteroatoms. The van der Waals surface area contributed by atoms with Crippen LogP contribution in [0.5, 0.6) is 11.5 Å². The molecule has 0 aromatic heterocycles. The van der Waals surface area contributed by atoms with Crippen molar-refractivity contribution in [3.05, 3.63) is 65.9 Å². The number of carbonyl (C=O) groups excluding carboxylic acids is 1. The van der Waals surface area contributed by atoms with Gasteiger partial charge in [0.15, 0.2) is 5.78 Å². The Bertz CT molecular complexity index is 660. The van der Waals surface area contributed by atoms with Crippen LogP contribution in [0.2, 0.25) is 0 Å². The monoisotopic (exact) mass is 283 g/mol. The van der Waals surface area contributed by atoms with E-state index < -0.39 is 0 Å². The number of hydrogen-bond donors (Lipinski definition) is 2. The number of carbonyl (C=O) groups is 1.